The summed E-state index contributed by atoms with van der Waals surface area (Å²) >= 11 is 0. The summed E-state index contributed by atoms with van der Waals surface area (Å²) in [5.74, 6) is 0.764. The molecule has 1 aromatic rings. The van der Waals surface area contributed by atoms with Crippen LogP contribution in [0.1, 0.15) is 26.7 Å². The van der Waals surface area contributed by atoms with Crippen molar-refractivity contribution in [3.63, 3.8) is 0 Å². The molecular formula is C15H31IN6O2S. The van der Waals surface area contributed by atoms with Crippen LogP contribution < -0.4 is 10.6 Å². The third-order valence-electron chi connectivity index (χ3n) is 3.42. The second-order valence-electron chi connectivity index (χ2n) is 5.42. The molecule has 25 heavy (non-hydrogen) atoms. The Balaban J connectivity index is 0.00000576. The van der Waals surface area contributed by atoms with Crippen LogP contribution in [0.3, 0.4) is 0 Å². The van der Waals surface area contributed by atoms with E-state index in [0.717, 1.165) is 31.9 Å². The highest BCUT2D eigenvalue weighted by Crippen LogP contribution is 1.98. The molecule has 146 valence electrons. The summed E-state index contributed by atoms with van der Waals surface area (Å²) in [4.78, 5) is 4.52. The van der Waals surface area contributed by atoms with Crippen LogP contribution in [0.15, 0.2) is 23.5 Å². The number of nitrogens with zero attached hydrogens (tertiary/aromatic N) is 4. The first kappa shape index (κ1) is 24.1. The molecule has 0 spiro atoms. The fourth-order valence-corrected chi connectivity index (χ4v) is 3.15. The summed E-state index contributed by atoms with van der Waals surface area (Å²) < 4.78 is 26.4. The van der Waals surface area contributed by atoms with E-state index in [1.54, 1.807) is 6.20 Å². The number of hydrogen-bond acceptors (Lipinski definition) is 4. The molecule has 0 bridgehead atoms. The summed E-state index contributed by atoms with van der Waals surface area (Å²) in [6.07, 6.45) is 6.60. The number of hydrogen-bond donors (Lipinski definition) is 2. The normalized spacial score (nSPS) is 12.1. The molecule has 0 saturated carbocycles. The molecule has 1 aromatic heterocycles. The maximum atomic E-state index is 11.5. The molecule has 0 amide bonds. The van der Waals surface area contributed by atoms with E-state index in [9.17, 15) is 8.42 Å². The van der Waals surface area contributed by atoms with Crippen molar-refractivity contribution in [2.45, 2.75) is 33.2 Å². The minimum atomic E-state index is -3.11. The quantitative estimate of drug-likeness (QED) is 0.212. The van der Waals surface area contributed by atoms with Crippen molar-refractivity contribution in [3.05, 3.63) is 18.5 Å². The molecule has 10 heteroatoms. The van der Waals surface area contributed by atoms with Gasteiger partial charge >= 0.3 is 0 Å². The Labute approximate surface area is 168 Å². The first-order valence-corrected chi connectivity index (χ1v) is 10.3. The molecule has 0 unspecified atom stereocenters. The molecule has 0 aliphatic rings. The van der Waals surface area contributed by atoms with Crippen molar-refractivity contribution in [3.8, 4) is 0 Å². The lowest BCUT2D eigenvalue weighted by molar-refractivity contribution is 0.424. The maximum Gasteiger partial charge on any atom is 0.211 e. The molecule has 8 nitrogen and oxygen atoms in total. The number of aromatic nitrogens is 2. The third-order valence-corrected chi connectivity index (χ3v) is 4.80. The second-order valence-corrected chi connectivity index (χ2v) is 7.40. The van der Waals surface area contributed by atoms with Gasteiger partial charge in [-0.1, -0.05) is 6.92 Å². The van der Waals surface area contributed by atoms with Crippen molar-refractivity contribution in [1.29, 1.82) is 0 Å². The maximum absolute atomic E-state index is 11.5. The Bertz CT molecular complexity index is 577. The smallest absolute Gasteiger partial charge is 0.211 e. The zero-order valence-corrected chi connectivity index (χ0v) is 18.5. The standard InChI is InChI=1S/C15H30N6O2S.HI/c1-4-16-15(17-9-6-12-20-13-8-11-19-20)18-10-7-14-21(5-2)24(3,22)23;/h8,11,13H,4-7,9-10,12,14H2,1-3H3,(H2,16,17,18);1H. The Morgan fingerprint density at radius 2 is 2.04 bits per heavy atom. The number of aryl methyl sites for hydroxylation is 1. The van der Waals surface area contributed by atoms with Gasteiger partial charge in [0.25, 0.3) is 0 Å². The summed E-state index contributed by atoms with van der Waals surface area (Å²) in [5.41, 5.74) is 0. The summed E-state index contributed by atoms with van der Waals surface area (Å²) in [6, 6.07) is 1.91. The number of aliphatic imine (C=N–C) groups is 1. The van der Waals surface area contributed by atoms with E-state index >= 15 is 0 Å². The van der Waals surface area contributed by atoms with Gasteiger partial charge in [-0.3, -0.25) is 9.67 Å². The van der Waals surface area contributed by atoms with Gasteiger partial charge in [0, 0.05) is 51.7 Å². The van der Waals surface area contributed by atoms with E-state index in [0.29, 0.717) is 26.2 Å². The molecular weight excluding hydrogens is 455 g/mol. The highest BCUT2D eigenvalue weighted by atomic mass is 127. The molecule has 0 fully saturated rings. The van der Waals surface area contributed by atoms with Crippen LogP contribution in [0.2, 0.25) is 0 Å². The summed E-state index contributed by atoms with van der Waals surface area (Å²) in [5, 5.41) is 10.6. The fourth-order valence-electron chi connectivity index (χ4n) is 2.22. The van der Waals surface area contributed by atoms with Gasteiger partial charge in [-0.2, -0.15) is 5.10 Å². The van der Waals surface area contributed by atoms with E-state index in [1.165, 1.54) is 10.6 Å². The van der Waals surface area contributed by atoms with Crippen molar-refractivity contribution in [2.24, 2.45) is 4.99 Å². The Kier molecular flexibility index (Phi) is 12.9. The number of sulfonamides is 1. The average molecular weight is 486 g/mol. The summed E-state index contributed by atoms with van der Waals surface area (Å²) in [7, 11) is -3.11. The molecule has 0 aliphatic carbocycles. The highest BCUT2D eigenvalue weighted by molar-refractivity contribution is 14.0. The SMILES string of the molecule is CCNC(=NCCCn1cccn1)NCCCN(CC)S(C)(=O)=O.I. The Morgan fingerprint density at radius 3 is 2.60 bits per heavy atom. The van der Waals surface area contributed by atoms with Crippen molar-refractivity contribution in [2.75, 3.05) is 39.0 Å². The molecule has 1 rings (SSSR count). The molecule has 0 atom stereocenters. The third kappa shape index (κ3) is 10.6. The van der Waals surface area contributed by atoms with E-state index in [4.69, 9.17) is 0 Å². The topological polar surface area (TPSA) is 91.6 Å². The van der Waals surface area contributed by atoms with Gasteiger partial charge in [-0.25, -0.2) is 12.7 Å². The van der Waals surface area contributed by atoms with Gasteiger partial charge in [0.05, 0.1) is 6.26 Å². The largest absolute Gasteiger partial charge is 0.357 e. The second kappa shape index (κ2) is 13.3. The van der Waals surface area contributed by atoms with Crippen LogP contribution in [0, 0.1) is 0 Å². The number of guanidine groups is 1. The molecule has 0 aliphatic heterocycles. The number of rotatable bonds is 11. The van der Waals surface area contributed by atoms with Crippen molar-refractivity contribution >= 4 is 40.0 Å². The molecule has 0 aromatic carbocycles. The molecule has 0 saturated heterocycles. The first-order valence-electron chi connectivity index (χ1n) is 8.42. The average Bonchev–Trinajstić information content (AvgIpc) is 3.03. The number of nitrogens with one attached hydrogen (secondary N) is 2. The van der Waals surface area contributed by atoms with Gasteiger partial charge < -0.3 is 10.6 Å². The van der Waals surface area contributed by atoms with Crippen LogP contribution in [0.5, 0.6) is 0 Å². The van der Waals surface area contributed by atoms with E-state index < -0.39 is 10.0 Å². The molecule has 1 heterocycles. The Hall–Kier alpha value is -0.880. The summed E-state index contributed by atoms with van der Waals surface area (Å²) in [6.45, 7) is 7.90. The minimum Gasteiger partial charge on any atom is -0.357 e. The first-order chi connectivity index (χ1) is 11.5. The van der Waals surface area contributed by atoms with Crippen molar-refractivity contribution < 1.29 is 8.42 Å². The van der Waals surface area contributed by atoms with E-state index in [2.05, 4.69) is 20.7 Å². The molecule has 0 radical (unpaired) electrons. The van der Waals surface area contributed by atoms with E-state index in [1.807, 2.05) is 30.8 Å². The van der Waals surface area contributed by atoms with Crippen LogP contribution in [-0.2, 0) is 16.6 Å². The van der Waals surface area contributed by atoms with Gasteiger partial charge in [0.2, 0.25) is 10.0 Å². The van der Waals surface area contributed by atoms with Crippen LogP contribution in [0.4, 0.5) is 0 Å². The predicted octanol–water partition coefficient (Wildman–Crippen LogP) is 1.12. The van der Waals surface area contributed by atoms with Crippen LogP contribution in [0.25, 0.3) is 0 Å². The highest BCUT2D eigenvalue weighted by Gasteiger charge is 2.13. The lowest BCUT2D eigenvalue weighted by atomic mass is 10.4. The van der Waals surface area contributed by atoms with Crippen LogP contribution in [-0.4, -0.2) is 67.4 Å². The van der Waals surface area contributed by atoms with Crippen LogP contribution >= 0.6 is 24.0 Å². The predicted molar refractivity (Wildman–Crippen MR) is 113 cm³/mol. The lowest BCUT2D eigenvalue weighted by Crippen LogP contribution is -2.39. The molecule has 2 N–H and O–H groups in total. The Morgan fingerprint density at radius 1 is 1.28 bits per heavy atom. The number of halogens is 1. The zero-order chi connectivity index (χ0) is 17.8. The van der Waals surface area contributed by atoms with Gasteiger partial charge in [0.1, 0.15) is 0 Å². The van der Waals surface area contributed by atoms with Gasteiger partial charge in [-0.15, -0.1) is 24.0 Å². The van der Waals surface area contributed by atoms with Gasteiger partial charge in [0.15, 0.2) is 5.96 Å². The lowest BCUT2D eigenvalue weighted by Gasteiger charge is -2.18. The van der Waals surface area contributed by atoms with Crippen molar-refractivity contribution in [1.82, 2.24) is 24.7 Å². The zero-order valence-electron chi connectivity index (χ0n) is 15.3. The van der Waals surface area contributed by atoms with E-state index in [-0.39, 0.29) is 24.0 Å². The monoisotopic (exact) mass is 486 g/mol. The minimum absolute atomic E-state index is 0. The fraction of sp³-hybridized carbons (Fsp3) is 0.733. The van der Waals surface area contributed by atoms with Gasteiger partial charge in [-0.05, 0) is 25.8 Å².